The lowest BCUT2D eigenvalue weighted by atomic mass is 10.0. The van der Waals surface area contributed by atoms with E-state index in [4.69, 9.17) is 0 Å². The summed E-state index contributed by atoms with van der Waals surface area (Å²) in [5, 5.41) is 4.26. The number of rotatable bonds is 6. The minimum atomic E-state index is -4.83. The van der Waals surface area contributed by atoms with Crippen LogP contribution >= 0.6 is 0 Å². The number of hydrogen-bond acceptors (Lipinski definition) is 4. The van der Waals surface area contributed by atoms with Gasteiger partial charge in [0.25, 0.3) is 10.0 Å². The van der Waals surface area contributed by atoms with Gasteiger partial charge in [0.15, 0.2) is 5.82 Å². The number of hydrogen-bond donors (Lipinski definition) is 0. The molecule has 0 fully saturated rings. The molecule has 0 aliphatic carbocycles. The molecule has 2 aromatic carbocycles. The van der Waals surface area contributed by atoms with Crippen LogP contribution in [-0.2, 0) is 16.6 Å². The highest BCUT2D eigenvalue weighted by Gasteiger charge is 2.30. The van der Waals surface area contributed by atoms with Crippen molar-refractivity contribution in [2.45, 2.75) is 18.4 Å². The van der Waals surface area contributed by atoms with Crippen LogP contribution in [0.3, 0.4) is 0 Å². The normalized spacial score (nSPS) is 11.6. The Morgan fingerprint density at radius 3 is 2.35 bits per heavy atom. The molecule has 11 heteroatoms. The van der Waals surface area contributed by atoms with Gasteiger partial charge in [-0.05, 0) is 55.0 Å². The molecule has 0 bridgehead atoms. The van der Waals surface area contributed by atoms with E-state index in [2.05, 4.69) is 17.1 Å². The van der Waals surface area contributed by atoms with Gasteiger partial charge in [-0.25, -0.2) is 26.0 Å². The number of nitrogens with zero attached hydrogens (tertiary/aromatic N) is 4. The van der Waals surface area contributed by atoms with E-state index in [0.29, 0.717) is 29.8 Å². The van der Waals surface area contributed by atoms with E-state index in [1.165, 1.54) is 17.1 Å². The van der Waals surface area contributed by atoms with Crippen LogP contribution in [0, 0.1) is 30.3 Å². The minimum Gasteiger partial charge on any atom is -0.272 e. The van der Waals surface area contributed by atoms with Gasteiger partial charge >= 0.3 is 0 Å². The Labute approximate surface area is 193 Å². The van der Waals surface area contributed by atoms with E-state index in [0.717, 1.165) is 18.2 Å². The van der Waals surface area contributed by atoms with Crippen LogP contribution < -0.4 is 4.31 Å². The van der Waals surface area contributed by atoms with E-state index in [-0.39, 0.29) is 10.00 Å². The lowest BCUT2D eigenvalue weighted by Crippen LogP contribution is -2.26. The Bertz CT molecular complexity index is 1470. The first-order valence-corrected chi connectivity index (χ1v) is 11.4. The van der Waals surface area contributed by atoms with Crippen LogP contribution in [0.15, 0.2) is 66.0 Å². The molecule has 4 aromatic rings. The summed E-state index contributed by atoms with van der Waals surface area (Å²) in [6, 6.07) is 6.78. The van der Waals surface area contributed by atoms with Gasteiger partial charge in [0.05, 0.1) is 18.3 Å². The number of aromatic nitrogens is 3. The molecule has 34 heavy (non-hydrogen) atoms. The number of aryl methyl sites for hydroxylation is 1. The first-order chi connectivity index (χ1) is 16.1. The molecule has 2 aromatic heterocycles. The van der Waals surface area contributed by atoms with E-state index >= 15 is 4.39 Å². The van der Waals surface area contributed by atoms with Crippen LogP contribution in [0.4, 0.5) is 23.2 Å². The minimum absolute atomic E-state index is 0.0763. The third-order valence-electron chi connectivity index (χ3n) is 5.11. The second kappa shape index (κ2) is 8.90. The molecule has 0 unspecified atom stereocenters. The highest BCUT2D eigenvalue weighted by molar-refractivity contribution is 7.92. The van der Waals surface area contributed by atoms with Crippen LogP contribution in [0.1, 0.15) is 6.92 Å². The summed E-state index contributed by atoms with van der Waals surface area (Å²) in [6.45, 7) is 2.18. The van der Waals surface area contributed by atoms with Crippen LogP contribution in [-0.4, -0.2) is 23.2 Å². The maximum atomic E-state index is 15.7. The van der Waals surface area contributed by atoms with Crippen molar-refractivity contribution in [3.63, 3.8) is 0 Å². The monoisotopic (exact) mass is 489 g/mol. The smallest absolute Gasteiger partial charge is 0.267 e. The van der Waals surface area contributed by atoms with Crippen molar-refractivity contribution in [1.82, 2.24) is 14.8 Å². The molecule has 0 saturated heterocycles. The highest BCUT2D eigenvalue weighted by atomic mass is 32.2. The van der Waals surface area contributed by atoms with Crippen LogP contribution in [0.5, 0.6) is 0 Å². The SMILES string of the molecule is [CH2]N(c1ccc(F)c(-c2nn(CC)cc2-c2ccncc2)c1F)S(=O)(=O)c1cc(F)ccc1F. The number of benzene rings is 2. The second-order valence-corrected chi connectivity index (χ2v) is 9.00. The average molecular weight is 489 g/mol. The van der Waals surface area contributed by atoms with E-state index < -0.39 is 49.4 Å². The molecule has 0 atom stereocenters. The molecule has 0 N–H and O–H groups in total. The molecule has 4 rings (SSSR count). The Morgan fingerprint density at radius 2 is 1.68 bits per heavy atom. The van der Waals surface area contributed by atoms with E-state index in [1.54, 1.807) is 25.3 Å². The summed E-state index contributed by atoms with van der Waals surface area (Å²) in [4.78, 5) is 2.89. The maximum Gasteiger partial charge on any atom is 0.267 e. The molecule has 0 aliphatic rings. The Hall–Kier alpha value is -3.73. The first kappa shape index (κ1) is 23.4. The predicted molar refractivity (Wildman–Crippen MR) is 118 cm³/mol. The molecule has 6 nitrogen and oxygen atoms in total. The fourth-order valence-electron chi connectivity index (χ4n) is 3.38. The zero-order chi connectivity index (χ0) is 24.6. The molecule has 0 aliphatic heterocycles. The Kier molecular flexibility index (Phi) is 6.13. The van der Waals surface area contributed by atoms with Gasteiger partial charge in [-0.3, -0.25) is 14.0 Å². The number of sulfonamides is 1. The molecule has 2 heterocycles. The van der Waals surface area contributed by atoms with E-state index in [9.17, 15) is 21.6 Å². The fraction of sp³-hybridized carbons (Fsp3) is 0.0870. The zero-order valence-electron chi connectivity index (χ0n) is 17.7. The average Bonchev–Trinajstić information content (AvgIpc) is 3.25. The lowest BCUT2D eigenvalue weighted by Gasteiger charge is -2.21. The molecule has 175 valence electrons. The Morgan fingerprint density at radius 1 is 1.00 bits per heavy atom. The molecule has 0 saturated carbocycles. The first-order valence-electron chi connectivity index (χ1n) is 9.92. The van der Waals surface area contributed by atoms with Gasteiger partial charge in [-0.2, -0.15) is 5.10 Å². The van der Waals surface area contributed by atoms with Gasteiger partial charge in [0, 0.05) is 30.7 Å². The second-order valence-electron chi connectivity index (χ2n) is 7.17. The highest BCUT2D eigenvalue weighted by Crippen LogP contribution is 2.38. The molecule has 1 radical (unpaired) electrons. The fourth-order valence-corrected chi connectivity index (χ4v) is 4.60. The van der Waals surface area contributed by atoms with Gasteiger partial charge in [-0.15, -0.1) is 0 Å². The quantitative estimate of drug-likeness (QED) is 0.350. The molecule has 0 spiro atoms. The van der Waals surface area contributed by atoms with Gasteiger partial charge < -0.3 is 0 Å². The standard InChI is InChI=1S/C23H17F4N4O2S/c1-3-31-13-16(14-8-10-28-11-9-14)23(29-31)21-18(26)6-7-19(22(21)27)30(2)34(32,33)20-12-15(24)4-5-17(20)25/h4-13H,2-3H2,1H3. The van der Waals surface area contributed by atoms with Crippen LogP contribution in [0.25, 0.3) is 22.4 Å². The summed E-state index contributed by atoms with van der Waals surface area (Å²) in [5.74, 6) is -4.55. The van der Waals surface area contributed by atoms with Crippen molar-refractivity contribution in [3.8, 4) is 22.4 Å². The zero-order valence-corrected chi connectivity index (χ0v) is 18.5. The van der Waals surface area contributed by atoms with Crippen molar-refractivity contribution in [3.05, 3.63) is 91.4 Å². The molecule has 0 amide bonds. The van der Waals surface area contributed by atoms with Crippen LogP contribution in [0.2, 0.25) is 0 Å². The number of anilines is 1. The van der Waals surface area contributed by atoms with Crippen molar-refractivity contribution in [2.24, 2.45) is 0 Å². The molecular weight excluding hydrogens is 472 g/mol. The van der Waals surface area contributed by atoms with Crippen molar-refractivity contribution >= 4 is 15.7 Å². The van der Waals surface area contributed by atoms with Gasteiger partial charge in [-0.1, -0.05) is 0 Å². The summed E-state index contributed by atoms with van der Waals surface area (Å²) < 4.78 is 85.8. The van der Waals surface area contributed by atoms with Crippen molar-refractivity contribution in [1.29, 1.82) is 0 Å². The number of halogens is 4. The van der Waals surface area contributed by atoms with Crippen molar-refractivity contribution in [2.75, 3.05) is 4.31 Å². The predicted octanol–water partition coefficient (Wildman–Crippen LogP) is 5.18. The third kappa shape index (κ3) is 4.03. The van der Waals surface area contributed by atoms with Crippen molar-refractivity contribution < 1.29 is 26.0 Å². The summed E-state index contributed by atoms with van der Waals surface area (Å²) in [7, 11) is -1.52. The van der Waals surface area contributed by atoms with Gasteiger partial charge in [0.2, 0.25) is 0 Å². The summed E-state index contributed by atoms with van der Waals surface area (Å²) in [5.41, 5.74) is -0.386. The molecular formula is C23H17F4N4O2S. The summed E-state index contributed by atoms with van der Waals surface area (Å²) >= 11 is 0. The Balaban J connectivity index is 1.90. The topological polar surface area (TPSA) is 68.1 Å². The number of pyridine rings is 1. The largest absolute Gasteiger partial charge is 0.272 e. The lowest BCUT2D eigenvalue weighted by molar-refractivity contribution is 0.551. The third-order valence-corrected chi connectivity index (χ3v) is 6.76. The summed E-state index contributed by atoms with van der Waals surface area (Å²) in [6.07, 6.45) is 4.60. The van der Waals surface area contributed by atoms with E-state index in [1.807, 2.05) is 0 Å². The van der Waals surface area contributed by atoms with Gasteiger partial charge in [0.1, 0.15) is 28.0 Å². The maximum absolute atomic E-state index is 15.7.